The smallest absolute Gasteiger partial charge is 0.414 e. The number of carbonyl (C=O) groups is 10. The number of nitrogens with one attached hydrogen (secondary N) is 12. The van der Waals surface area contributed by atoms with Gasteiger partial charge in [-0.1, -0.05) is 60.7 Å². The third-order valence-corrected chi connectivity index (χ3v) is 9.39. The number of alkyl carbamates (subject to hydrolysis) is 2. The van der Waals surface area contributed by atoms with E-state index in [1.165, 1.54) is 24.3 Å². The van der Waals surface area contributed by atoms with Crippen LogP contribution in [0.2, 0.25) is 0 Å². The molecule has 0 spiro atoms. The van der Waals surface area contributed by atoms with Gasteiger partial charge in [-0.2, -0.15) is 0 Å². The van der Waals surface area contributed by atoms with Gasteiger partial charge in [0.05, 0.1) is 0 Å². The summed E-state index contributed by atoms with van der Waals surface area (Å²) in [6.45, 7) is 7.36. The van der Waals surface area contributed by atoms with Crippen LogP contribution in [0.25, 0.3) is 0 Å². The lowest BCUT2D eigenvalue weighted by Crippen LogP contribution is -2.47. The standard InChI is InChI=1S/C48H58N12O14/c1-47(2,3)73-45(69)59-43(49)57-39(65)33-19-17-31(55-33)37(63)53-23-29(41(67)71-25-27-13-9-7-10-14-27)35(61)51-21-22-52-36(62)30(42(68)72-26-28-15-11-8-12-16-28)24-54-38(64)32-18-20-34(56-32)40(66)58-44(50)60-46(70)74-48(4,5)6/h7-20,29-30,55-56H,21-26H2,1-6H3,(H,51,61)(H,52,62)(H,53,63)(H,54,64)(H3,49,57,59,65,69)(H3,50,58,60,66,70)/t29-,30-/m0/s1. The van der Waals surface area contributed by atoms with Crippen molar-refractivity contribution >= 4 is 71.5 Å². The molecular formula is C48H58N12O14. The second-order valence-electron chi connectivity index (χ2n) is 17.8. The lowest BCUT2D eigenvalue weighted by Gasteiger charge is -2.19. The SMILES string of the molecule is CC(C)(C)OC(=O)NC(=N)NC(=O)c1ccc(C(=O)NC[C@@H](C(=O)NCCNC(=O)[C@H](CNC(=O)c2ccc(C(=O)NC(=N)NC(=O)OC(C)(C)C)[nH]2)C(=O)OCc2ccccc2)C(=O)OCc2ccccc2)[nH]1. The molecule has 0 aliphatic rings. The van der Waals surface area contributed by atoms with Crippen molar-refractivity contribution in [3.63, 3.8) is 0 Å². The van der Waals surface area contributed by atoms with Crippen LogP contribution in [0.1, 0.15) is 94.6 Å². The Morgan fingerprint density at radius 1 is 0.459 bits per heavy atom. The van der Waals surface area contributed by atoms with Crippen LogP contribution in [0, 0.1) is 22.7 Å². The van der Waals surface area contributed by atoms with Gasteiger partial charge in [0.1, 0.15) is 47.2 Å². The molecule has 2 aromatic heterocycles. The highest BCUT2D eigenvalue weighted by Gasteiger charge is 2.32. The summed E-state index contributed by atoms with van der Waals surface area (Å²) in [6, 6.07) is 21.9. The maximum atomic E-state index is 13.5. The fraction of sp³-hybridized carbons (Fsp3) is 0.333. The van der Waals surface area contributed by atoms with Gasteiger partial charge in [0.15, 0.2) is 11.8 Å². The van der Waals surface area contributed by atoms with E-state index in [1.54, 1.807) is 102 Å². The number of amides is 8. The van der Waals surface area contributed by atoms with Crippen molar-refractivity contribution in [3.05, 3.63) is 119 Å². The summed E-state index contributed by atoms with van der Waals surface area (Å²) >= 11 is 0. The largest absolute Gasteiger partial charge is 0.460 e. The highest BCUT2D eigenvalue weighted by Crippen LogP contribution is 2.11. The van der Waals surface area contributed by atoms with Gasteiger partial charge in [-0.3, -0.25) is 70.4 Å². The Balaban J connectivity index is 1.37. The number of rotatable bonds is 19. The number of esters is 2. The van der Waals surface area contributed by atoms with E-state index < -0.39 is 108 Å². The zero-order valence-electron chi connectivity index (χ0n) is 41.2. The first kappa shape index (κ1) is 57.2. The molecule has 0 fully saturated rings. The average molecular weight is 1030 g/mol. The molecule has 4 aromatic rings. The summed E-state index contributed by atoms with van der Waals surface area (Å²) in [6.07, 6.45) is -1.97. The van der Waals surface area contributed by atoms with Gasteiger partial charge in [-0.05, 0) is 76.9 Å². The second kappa shape index (κ2) is 26.7. The highest BCUT2D eigenvalue weighted by molar-refractivity contribution is 6.09. The molecule has 26 heteroatoms. The van der Waals surface area contributed by atoms with Crippen LogP contribution in [0.4, 0.5) is 9.59 Å². The number of aromatic amines is 2. The number of hydrogen-bond acceptors (Lipinski definition) is 16. The number of ether oxygens (including phenoxy) is 4. The van der Waals surface area contributed by atoms with Gasteiger partial charge in [0.2, 0.25) is 23.7 Å². The molecule has 394 valence electrons. The number of benzene rings is 2. The van der Waals surface area contributed by atoms with Gasteiger partial charge < -0.3 is 50.2 Å². The first-order chi connectivity index (χ1) is 34.9. The summed E-state index contributed by atoms with van der Waals surface area (Å²) in [7, 11) is 0. The van der Waals surface area contributed by atoms with Crippen LogP contribution in [0.15, 0.2) is 84.9 Å². The Labute approximate surface area is 423 Å². The molecule has 74 heavy (non-hydrogen) atoms. The monoisotopic (exact) mass is 1030 g/mol. The van der Waals surface area contributed by atoms with Crippen molar-refractivity contribution in [2.75, 3.05) is 26.2 Å². The summed E-state index contributed by atoms with van der Waals surface area (Å²) in [4.78, 5) is 134. The zero-order valence-corrected chi connectivity index (χ0v) is 41.2. The average Bonchev–Trinajstić information content (AvgIpc) is 4.03. The summed E-state index contributed by atoms with van der Waals surface area (Å²) in [5.41, 5.74) is -1.27. The Kier molecular flexibility index (Phi) is 20.7. The normalized spacial score (nSPS) is 11.7. The molecule has 0 saturated heterocycles. The first-order valence-corrected chi connectivity index (χ1v) is 22.6. The van der Waals surface area contributed by atoms with Crippen molar-refractivity contribution < 1.29 is 66.9 Å². The van der Waals surface area contributed by atoms with Crippen molar-refractivity contribution in [1.29, 1.82) is 10.8 Å². The van der Waals surface area contributed by atoms with E-state index in [-0.39, 0.29) is 49.1 Å². The van der Waals surface area contributed by atoms with E-state index >= 15 is 0 Å². The summed E-state index contributed by atoms with van der Waals surface area (Å²) in [5, 5.41) is 33.9. The van der Waals surface area contributed by atoms with Crippen LogP contribution in [0.5, 0.6) is 0 Å². The van der Waals surface area contributed by atoms with E-state index in [2.05, 4.69) is 41.9 Å². The van der Waals surface area contributed by atoms with E-state index in [9.17, 15) is 47.9 Å². The van der Waals surface area contributed by atoms with Crippen LogP contribution in [-0.2, 0) is 51.3 Å². The van der Waals surface area contributed by atoms with Crippen LogP contribution < -0.4 is 42.5 Å². The molecule has 0 unspecified atom stereocenters. The third kappa shape index (κ3) is 19.8. The molecule has 8 amide bonds. The van der Waals surface area contributed by atoms with Gasteiger partial charge in [-0.25, -0.2) is 9.59 Å². The quantitative estimate of drug-likeness (QED) is 0.0159. The van der Waals surface area contributed by atoms with Gasteiger partial charge in [0.25, 0.3) is 23.6 Å². The Morgan fingerprint density at radius 3 is 1.11 bits per heavy atom. The van der Waals surface area contributed by atoms with E-state index in [0.717, 1.165) is 0 Å². The van der Waals surface area contributed by atoms with E-state index in [4.69, 9.17) is 29.8 Å². The third-order valence-electron chi connectivity index (χ3n) is 9.39. The molecule has 0 saturated carbocycles. The molecule has 0 radical (unpaired) electrons. The van der Waals surface area contributed by atoms with Crippen molar-refractivity contribution in [1.82, 2.24) is 52.5 Å². The van der Waals surface area contributed by atoms with E-state index in [1.807, 2.05) is 10.6 Å². The molecule has 2 heterocycles. The first-order valence-electron chi connectivity index (χ1n) is 22.6. The molecule has 2 aromatic carbocycles. The Hall–Kier alpha value is -9.36. The lowest BCUT2D eigenvalue weighted by atomic mass is 10.1. The van der Waals surface area contributed by atoms with Crippen molar-refractivity contribution in [3.8, 4) is 0 Å². The molecule has 12 N–H and O–H groups in total. The molecule has 0 aliphatic carbocycles. The zero-order chi connectivity index (χ0) is 54.6. The number of H-pyrrole nitrogens is 2. The summed E-state index contributed by atoms with van der Waals surface area (Å²) < 4.78 is 20.9. The number of aromatic nitrogens is 2. The Morgan fingerprint density at radius 2 is 0.784 bits per heavy atom. The van der Waals surface area contributed by atoms with Crippen LogP contribution in [0.3, 0.4) is 0 Å². The fourth-order valence-corrected chi connectivity index (χ4v) is 5.98. The number of guanidine groups is 2. The lowest BCUT2D eigenvalue weighted by molar-refractivity contribution is -0.155. The topological polar surface area (TPSA) is 383 Å². The highest BCUT2D eigenvalue weighted by atomic mass is 16.6. The van der Waals surface area contributed by atoms with Crippen LogP contribution in [-0.4, -0.2) is 119 Å². The Bertz CT molecular complexity index is 2520. The summed E-state index contributed by atoms with van der Waals surface area (Å²) in [5.74, 6) is -12.1. The van der Waals surface area contributed by atoms with Gasteiger partial charge in [0, 0.05) is 26.2 Å². The van der Waals surface area contributed by atoms with Gasteiger partial charge in [-0.15, -0.1) is 0 Å². The van der Waals surface area contributed by atoms with Crippen LogP contribution >= 0.6 is 0 Å². The predicted octanol–water partition coefficient (Wildman–Crippen LogP) is 1.83. The minimum Gasteiger partial charge on any atom is -0.460 e. The minimum atomic E-state index is -1.65. The molecule has 0 bridgehead atoms. The molecule has 0 aliphatic heterocycles. The van der Waals surface area contributed by atoms with E-state index in [0.29, 0.717) is 11.1 Å². The number of carbonyl (C=O) groups excluding carboxylic acids is 10. The minimum absolute atomic E-state index is 0.178. The second-order valence-corrected chi connectivity index (χ2v) is 17.8. The molecule has 4 rings (SSSR count). The number of hydrogen-bond donors (Lipinski definition) is 12. The molecular weight excluding hydrogens is 969 g/mol. The maximum Gasteiger partial charge on any atom is 0.414 e. The van der Waals surface area contributed by atoms with Gasteiger partial charge >= 0.3 is 24.1 Å². The fourth-order valence-electron chi connectivity index (χ4n) is 5.98. The van der Waals surface area contributed by atoms with Crippen molar-refractivity contribution in [2.24, 2.45) is 11.8 Å². The van der Waals surface area contributed by atoms with Crippen molar-refractivity contribution in [2.45, 2.75) is 66.0 Å². The molecule has 2 atom stereocenters. The predicted molar refractivity (Wildman–Crippen MR) is 261 cm³/mol. The maximum absolute atomic E-state index is 13.5. The molecule has 26 nitrogen and oxygen atoms in total.